The predicted octanol–water partition coefficient (Wildman–Crippen LogP) is 32.8. The van der Waals surface area contributed by atoms with Gasteiger partial charge in [-0.1, -0.05) is 193 Å². The Morgan fingerprint density at radius 1 is 0.248 bits per heavy atom. The molecule has 0 saturated heterocycles. The van der Waals surface area contributed by atoms with E-state index in [0.29, 0.717) is 100 Å². The van der Waals surface area contributed by atoms with Gasteiger partial charge in [0.1, 0.15) is 153 Å². The van der Waals surface area contributed by atoms with E-state index in [4.69, 9.17) is 93.9 Å². The van der Waals surface area contributed by atoms with E-state index in [1.165, 1.54) is 27.8 Å². The molecule has 145 heavy (non-hydrogen) atoms. The van der Waals surface area contributed by atoms with Crippen LogP contribution in [0.5, 0.6) is 74.7 Å². The van der Waals surface area contributed by atoms with Crippen LogP contribution in [0.1, 0.15) is 184 Å². The van der Waals surface area contributed by atoms with Crippen LogP contribution in [0.2, 0.25) is 0 Å². The van der Waals surface area contributed by atoms with Crippen molar-refractivity contribution in [2.75, 3.05) is 73.2 Å². The molecule has 0 radical (unpaired) electrons. The normalized spacial score (nSPS) is 11.2. The van der Waals surface area contributed by atoms with Crippen LogP contribution in [0.3, 0.4) is 0 Å². The Labute approximate surface area is 857 Å². The van der Waals surface area contributed by atoms with Crippen molar-refractivity contribution in [3.8, 4) is 74.7 Å². The smallest absolute Gasteiger partial charge is 0.388 e. The topological polar surface area (TPSA) is 289 Å². The number of nitrogens with zero attached hydrogens (tertiary/aromatic N) is 12. The maximum Gasteiger partial charge on any atom is 0.388 e. The average molecular weight is 1960 g/mol. The lowest BCUT2D eigenvalue weighted by molar-refractivity contribution is 0.143. The molecule has 0 fully saturated rings. The number of benzene rings is 13. The largest absolute Gasteiger partial charge is 0.497 e. The van der Waals surface area contributed by atoms with Crippen LogP contribution in [0, 0.1) is 79.3 Å². The molecule has 13 aromatic rings. The van der Waals surface area contributed by atoms with Gasteiger partial charge in [0.2, 0.25) is 32.4 Å². The minimum absolute atomic E-state index is 0.0385. The first-order valence-corrected chi connectivity index (χ1v) is 48.9. The van der Waals surface area contributed by atoms with Crippen molar-refractivity contribution in [3.63, 3.8) is 0 Å². The average Bonchev–Trinajstić information content (AvgIpc) is 0.795. The number of methoxy groups -OCH3 is 1. The van der Waals surface area contributed by atoms with Gasteiger partial charge >= 0.3 is 34.1 Å². The van der Waals surface area contributed by atoms with E-state index in [1.807, 2.05) is 207 Å². The van der Waals surface area contributed by atoms with E-state index in [2.05, 4.69) is 187 Å². The highest BCUT2D eigenvalue weighted by Crippen LogP contribution is 2.42. The zero-order chi connectivity index (χ0) is 106. The van der Waals surface area contributed by atoms with Gasteiger partial charge in [-0.3, -0.25) is 0 Å². The summed E-state index contributed by atoms with van der Waals surface area (Å²) in [6, 6.07) is 92.4. The quantitative estimate of drug-likeness (QED) is 0.0255. The SMILES string of the molecule is CCC(C)(C)c1ccc(OCCOc2ccc([N+]#N)c(C)c2)c(C(C)(C)CC)c1.COc1ccc(OCC(C)Oc2ccc([N+]#N)c(C)c2)cc1.Cc1cc(OC(C)COc2ccc(C(C)(C)c3ccccc3)cc2)ccc1[N+]#N.Cc1cc(OCCOc2ccc(C(C)(C)CC(C)(C)C)cc2)ccc1[N+]#N.Cc1cc(OCCOc2ccccc2)ccc1[N+]#N.Cc1cc(OCCOc2ccccc2)ccc1[N+]#N. The summed E-state index contributed by atoms with van der Waals surface area (Å²) >= 11 is 0. The molecule has 13 aromatic carbocycles. The fourth-order valence-electron chi connectivity index (χ4n) is 15.3. The fraction of sp³-hybridized carbons (Fsp3) is 0.350. The van der Waals surface area contributed by atoms with Gasteiger partial charge in [0, 0.05) is 80.8 Å². The highest BCUT2D eigenvalue weighted by atomic mass is 16.6. The highest BCUT2D eigenvalue weighted by Gasteiger charge is 2.30. The van der Waals surface area contributed by atoms with Gasteiger partial charge in [-0.05, 0) is 270 Å². The molecule has 0 bridgehead atoms. The molecule has 25 heteroatoms. The van der Waals surface area contributed by atoms with Crippen molar-refractivity contribution in [3.05, 3.63) is 382 Å². The number of rotatable bonds is 39. The third-order valence-electron chi connectivity index (χ3n) is 24.3. The van der Waals surface area contributed by atoms with Crippen LogP contribution in [0.25, 0.3) is 29.9 Å². The molecule has 0 aliphatic carbocycles. The minimum Gasteiger partial charge on any atom is -0.497 e. The fourth-order valence-corrected chi connectivity index (χ4v) is 15.3. The Hall–Kier alpha value is -16.2. The zero-order valence-corrected chi connectivity index (χ0v) is 88.2. The molecular formula is C120H142N12O13+6. The van der Waals surface area contributed by atoms with Crippen LogP contribution in [0.15, 0.2) is 291 Å². The second-order valence-electron chi connectivity index (χ2n) is 38.7. The minimum atomic E-state index is -0.119. The second-order valence-corrected chi connectivity index (χ2v) is 38.7. The molecule has 0 saturated carbocycles. The van der Waals surface area contributed by atoms with Gasteiger partial charge in [-0.25, -0.2) is 0 Å². The number of hydrogen-bond donors (Lipinski definition) is 0. The molecule has 0 aliphatic rings. The maximum atomic E-state index is 8.91. The summed E-state index contributed by atoms with van der Waals surface area (Å²) in [7, 11) is 1.63. The molecular weight excluding hydrogens is 1820 g/mol. The summed E-state index contributed by atoms with van der Waals surface area (Å²) in [5.41, 5.74) is 15.4. The Morgan fingerprint density at radius 2 is 0.503 bits per heavy atom. The van der Waals surface area contributed by atoms with Crippen molar-refractivity contribution >= 4 is 34.1 Å². The number of hydrogen-bond acceptors (Lipinski definition) is 19. The van der Waals surface area contributed by atoms with Crippen molar-refractivity contribution in [1.29, 1.82) is 32.4 Å². The molecule has 0 N–H and O–H groups in total. The van der Waals surface area contributed by atoms with Crippen molar-refractivity contribution in [2.45, 2.75) is 199 Å². The first kappa shape index (κ1) is 114. The Kier molecular flexibility index (Phi) is 44.9. The molecule has 13 rings (SSSR count). The maximum absolute atomic E-state index is 8.91. The Bertz CT molecular complexity index is 6390. The number of diazo groups is 6. The summed E-state index contributed by atoms with van der Waals surface area (Å²) < 4.78 is 74.0. The summed E-state index contributed by atoms with van der Waals surface area (Å²) in [4.78, 5) is 19.2. The lowest BCUT2D eigenvalue weighted by atomic mass is 9.72. The third kappa shape index (κ3) is 38.0. The second kappa shape index (κ2) is 57.0. The van der Waals surface area contributed by atoms with E-state index in [1.54, 1.807) is 79.9 Å². The monoisotopic (exact) mass is 1960 g/mol. The summed E-state index contributed by atoms with van der Waals surface area (Å²) in [5, 5.41) is 52.9. The Morgan fingerprint density at radius 3 is 0.814 bits per heavy atom. The molecule has 2 atom stereocenters. The van der Waals surface area contributed by atoms with Crippen LogP contribution in [-0.4, -0.2) is 85.4 Å². The first-order chi connectivity index (χ1) is 69.3. The molecule has 754 valence electrons. The molecule has 0 spiro atoms. The van der Waals surface area contributed by atoms with Gasteiger partial charge in [0.05, 0.1) is 7.11 Å². The van der Waals surface area contributed by atoms with E-state index in [0.717, 1.165) is 127 Å². The third-order valence-corrected chi connectivity index (χ3v) is 24.3. The Balaban J connectivity index is 0.000000214. The van der Waals surface area contributed by atoms with E-state index in [9.17, 15) is 0 Å². The van der Waals surface area contributed by atoms with Crippen molar-refractivity contribution in [1.82, 2.24) is 0 Å². The molecule has 2 unspecified atom stereocenters. The van der Waals surface area contributed by atoms with Gasteiger partial charge in [0.15, 0.2) is 29.9 Å². The molecule has 0 aromatic heterocycles. The number of ether oxygens (including phenoxy) is 13. The summed E-state index contributed by atoms with van der Waals surface area (Å²) in [6.45, 7) is 49.1. The van der Waals surface area contributed by atoms with Crippen LogP contribution in [0.4, 0.5) is 34.1 Å². The number of aryl methyl sites for hydroxylation is 6. The van der Waals surface area contributed by atoms with Gasteiger partial charge in [-0.2, -0.15) is 0 Å². The predicted molar refractivity (Wildman–Crippen MR) is 578 cm³/mol. The standard InChI is InChI=1S/C25H27N2O2.C25H35N2O2.C23H31N2O2.C17H19N2O3.2C15H15N2O2/c1-18-16-23(14-15-24(18)27-26)29-19(2)17-28-22-12-10-21(11-13-22)25(3,4)20-8-6-5-7-9-20;1-8-24(4,5)19-10-13-23(21(17-19)25(6,7)9-2)29-15-14-28-20-11-12-22(27-26)18(3)16-20;1-17-15-20(11-12-21(17)25-24)27-14-13-26-19-9-7-18(8-10-19)23(5,6)16-22(2,3)4;1-12-10-16(8-9-17(12)19-18)22-13(2)11-21-15-6-4-14(20-3)5-7-15;2*1-12-11-14(7-8-15(12)17-16)19-10-9-18-13-5-3-2-4-6-13/h5-16,19H,17H2,1-4H3;10-13,16-17H,8-9,14-15H2,1-7H3;7-12,15H,13-14,16H2,1-6H3;4-10,13H,11H2,1-3H3;2*2-8,11H,9-10H2,1H3/q6*+1. The van der Waals surface area contributed by atoms with Crippen molar-refractivity contribution < 1.29 is 61.6 Å². The molecule has 0 amide bonds. The van der Waals surface area contributed by atoms with Gasteiger partial charge in [-0.15, -0.1) is 0 Å². The number of para-hydroxylation sites is 2. The van der Waals surface area contributed by atoms with Crippen molar-refractivity contribution in [2.24, 2.45) is 5.41 Å². The zero-order valence-electron chi connectivity index (χ0n) is 88.2. The first-order valence-electron chi connectivity index (χ1n) is 48.9. The van der Waals surface area contributed by atoms with Gasteiger partial charge < -0.3 is 61.6 Å². The van der Waals surface area contributed by atoms with E-state index < -0.39 is 0 Å². The van der Waals surface area contributed by atoms with Gasteiger partial charge in [0.25, 0.3) is 0 Å². The summed E-state index contributed by atoms with van der Waals surface area (Å²) in [6.07, 6.45) is 3.02. The van der Waals surface area contributed by atoms with Crippen LogP contribution in [-0.2, 0) is 21.7 Å². The van der Waals surface area contributed by atoms with E-state index in [-0.39, 0.29) is 39.3 Å². The molecule has 25 nitrogen and oxygen atoms in total. The van der Waals surface area contributed by atoms with E-state index >= 15 is 0 Å². The molecule has 0 heterocycles. The summed E-state index contributed by atoms with van der Waals surface area (Å²) in [5.74, 6) is 10.2. The molecule has 0 aliphatic heterocycles. The van der Waals surface area contributed by atoms with Crippen LogP contribution >= 0.6 is 0 Å². The lowest BCUT2D eigenvalue weighted by Crippen LogP contribution is -2.24. The highest BCUT2D eigenvalue weighted by molar-refractivity contribution is 5.59. The van der Waals surface area contributed by atoms with Crippen LogP contribution < -0.4 is 61.6 Å². The lowest BCUT2D eigenvalue weighted by Gasteiger charge is -2.33.